The quantitative estimate of drug-likeness (QED) is 0.676. The number of hydrogen-bond acceptors (Lipinski definition) is 5. The van der Waals surface area contributed by atoms with Crippen LogP contribution in [-0.4, -0.2) is 23.7 Å². The fraction of sp³-hybridized carbons (Fsp3) is 0.316. The maximum atomic E-state index is 11.7. The van der Waals surface area contributed by atoms with Gasteiger partial charge in [-0.3, -0.25) is 0 Å². The number of rotatable bonds is 7. The highest BCUT2D eigenvalue weighted by Gasteiger charge is 2.36. The fourth-order valence-corrected chi connectivity index (χ4v) is 2.77. The molecule has 0 unspecified atom stereocenters. The summed E-state index contributed by atoms with van der Waals surface area (Å²) in [6.45, 7) is 1.24. The molecule has 0 saturated heterocycles. The first-order chi connectivity index (χ1) is 11.5. The Balaban J connectivity index is 2.02. The lowest BCUT2D eigenvalue weighted by Gasteiger charge is -2.26. The average molecular weight is 328 g/mol. The van der Waals surface area contributed by atoms with E-state index in [2.05, 4.69) is 29.1 Å². The monoisotopic (exact) mass is 328 g/mol. The van der Waals surface area contributed by atoms with Crippen molar-refractivity contribution in [3.8, 4) is 11.1 Å². The van der Waals surface area contributed by atoms with Gasteiger partial charge in [0.25, 0.3) is 0 Å². The molecule has 128 valence electrons. The van der Waals surface area contributed by atoms with Gasteiger partial charge in [0, 0.05) is 6.04 Å². The molecule has 0 aromatic heterocycles. The molecule has 5 heteroatoms. The van der Waals surface area contributed by atoms with Crippen molar-refractivity contribution in [2.75, 3.05) is 6.61 Å². The van der Waals surface area contributed by atoms with E-state index in [1.165, 1.54) is 0 Å². The summed E-state index contributed by atoms with van der Waals surface area (Å²) in [5, 5.41) is 9.45. The summed E-state index contributed by atoms with van der Waals surface area (Å²) >= 11 is 0. The van der Waals surface area contributed by atoms with Crippen LogP contribution in [0.4, 0.5) is 0 Å². The first kappa shape index (κ1) is 18.1. The van der Waals surface area contributed by atoms with E-state index in [1.54, 1.807) is 6.92 Å². The number of nitrogens with two attached hydrogens (primary N) is 2. The summed E-state index contributed by atoms with van der Waals surface area (Å²) in [5.74, 6) is 4.28. The van der Waals surface area contributed by atoms with Gasteiger partial charge >= 0.3 is 5.97 Å². The molecule has 0 aliphatic rings. The number of aliphatic hydroxyl groups excluding tert-OH is 1. The second-order valence-corrected chi connectivity index (χ2v) is 6.36. The molecule has 0 amide bonds. The number of carbonyl (C=O) groups is 1. The first-order valence-corrected chi connectivity index (χ1v) is 7.90. The van der Waals surface area contributed by atoms with Gasteiger partial charge in [-0.15, -0.1) is 0 Å². The van der Waals surface area contributed by atoms with Crippen LogP contribution in [0.15, 0.2) is 54.6 Å². The zero-order valence-electron chi connectivity index (χ0n) is 13.8. The van der Waals surface area contributed by atoms with Gasteiger partial charge in [0.2, 0.25) is 0 Å². The van der Waals surface area contributed by atoms with Crippen LogP contribution in [0.2, 0.25) is 0 Å². The molecule has 24 heavy (non-hydrogen) atoms. The van der Waals surface area contributed by atoms with Crippen molar-refractivity contribution in [2.24, 2.45) is 17.0 Å². The van der Waals surface area contributed by atoms with Gasteiger partial charge in [0.05, 0.1) is 12.0 Å². The number of aliphatic hydroxyl groups is 1. The Hall–Kier alpha value is -2.21. The van der Waals surface area contributed by atoms with E-state index >= 15 is 0 Å². The Kier molecular flexibility index (Phi) is 6.09. The Morgan fingerprint density at radius 3 is 2.25 bits per heavy atom. The maximum absolute atomic E-state index is 11.7. The van der Waals surface area contributed by atoms with Crippen LogP contribution in [0.1, 0.15) is 18.9 Å². The molecule has 2 aromatic rings. The molecule has 0 aliphatic carbocycles. The summed E-state index contributed by atoms with van der Waals surface area (Å²) in [6, 6.07) is 18.0. The lowest BCUT2D eigenvalue weighted by atomic mass is 9.83. The highest BCUT2D eigenvalue weighted by atomic mass is 16.7. The van der Waals surface area contributed by atoms with Crippen molar-refractivity contribution >= 4 is 5.97 Å². The minimum atomic E-state index is -1.09. The third kappa shape index (κ3) is 4.41. The van der Waals surface area contributed by atoms with Crippen LogP contribution in [0, 0.1) is 5.41 Å². The highest BCUT2D eigenvalue weighted by Crippen LogP contribution is 2.25. The average Bonchev–Trinajstić information content (AvgIpc) is 2.62. The largest absolute Gasteiger partial charge is 0.395 e. The molecule has 0 bridgehead atoms. The summed E-state index contributed by atoms with van der Waals surface area (Å²) < 4.78 is 0. The number of benzene rings is 2. The van der Waals surface area contributed by atoms with Crippen LogP contribution in [-0.2, 0) is 16.1 Å². The lowest BCUT2D eigenvalue weighted by molar-refractivity contribution is -0.158. The SMILES string of the molecule is C[C@@](CO)(C[C@H](N)Cc1ccc(-c2ccccc2)cc1)C(=O)ON. The van der Waals surface area contributed by atoms with Crippen LogP contribution >= 0.6 is 0 Å². The summed E-state index contributed by atoms with van der Waals surface area (Å²) in [7, 11) is 0. The van der Waals surface area contributed by atoms with E-state index in [1.807, 2.05) is 30.3 Å². The predicted molar refractivity (Wildman–Crippen MR) is 93.6 cm³/mol. The number of carbonyl (C=O) groups excluding carboxylic acids is 1. The summed E-state index contributed by atoms with van der Waals surface area (Å²) in [5.41, 5.74) is 8.43. The third-order valence-electron chi connectivity index (χ3n) is 4.22. The summed E-state index contributed by atoms with van der Waals surface area (Å²) in [4.78, 5) is 16.0. The second-order valence-electron chi connectivity index (χ2n) is 6.36. The van der Waals surface area contributed by atoms with Gasteiger partial charge in [0.15, 0.2) is 0 Å². The van der Waals surface area contributed by atoms with E-state index in [9.17, 15) is 9.90 Å². The highest BCUT2D eigenvalue weighted by molar-refractivity contribution is 5.76. The number of hydrogen-bond donors (Lipinski definition) is 3. The third-order valence-corrected chi connectivity index (χ3v) is 4.22. The Bertz CT molecular complexity index is 658. The predicted octanol–water partition coefficient (Wildman–Crippen LogP) is 2.03. The summed E-state index contributed by atoms with van der Waals surface area (Å²) in [6.07, 6.45) is 0.891. The molecular formula is C19H24N2O3. The van der Waals surface area contributed by atoms with E-state index in [4.69, 9.17) is 11.6 Å². The Morgan fingerprint density at radius 2 is 1.71 bits per heavy atom. The van der Waals surface area contributed by atoms with E-state index in [0.717, 1.165) is 16.7 Å². The molecule has 2 rings (SSSR count). The molecule has 5 N–H and O–H groups in total. The van der Waals surface area contributed by atoms with Crippen LogP contribution in [0.25, 0.3) is 11.1 Å². The minimum absolute atomic E-state index is 0.288. The van der Waals surface area contributed by atoms with Gasteiger partial charge in [-0.25, -0.2) is 4.79 Å². The fourth-order valence-electron chi connectivity index (χ4n) is 2.77. The van der Waals surface area contributed by atoms with Gasteiger partial charge in [-0.2, -0.15) is 5.90 Å². The second kappa shape index (κ2) is 8.06. The minimum Gasteiger partial charge on any atom is -0.395 e. The van der Waals surface area contributed by atoms with Crippen molar-refractivity contribution in [2.45, 2.75) is 25.8 Å². The van der Waals surface area contributed by atoms with Crippen LogP contribution < -0.4 is 11.6 Å². The van der Waals surface area contributed by atoms with Crippen molar-refractivity contribution in [1.29, 1.82) is 0 Å². The molecule has 0 aliphatic heterocycles. The lowest BCUT2D eigenvalue weighted by Crippen LogP contribution is -2.41. The normalized spacial score (nSPS) is 14.7. The molecular weight excluding hydrogens is 304 g/mol. The molecule has 0 heterocycles. The smallest absolute Gasteiger partial charge is 0.332 e. The standard InChI is InChI=1S/C19H24N2O3/c1-19(13-22,18(23)24-21)12-17(20)11-14-7-9-16(10-8-14)15-5-3-2-4-6-15/h2-10,17,22H,11-13,20-21H2,1H3/t17-,19+/m1/s1. The topological polar surface area (TPSA) is 98.6 Å². The zero-order valence-corrected chi connectivity index (χ0v) is 13.8. The van der Waals surface area contributed by atoms with Gasteiger partial charge in [-0.05, 0) is 36.5 Å². The van der Waals surface area contributed by atoms with Crippen molar-refractivity contribution in [3.05, 3.63) is 60.2 Å². The molecule has 5 nitrogen and oxygen atoms in total. The van der Waals surface area contributed by atoms with Crippen molar-refractivity contribution in [3.63, 3.8) is 0 Å². The van der Waals surface area contributed by atoms with E-state index in [-0.39, 0.29) is 12.6 Å². The van der Waals surface area contributed by atoms with E-state index in [0.29, 0.717) is 12.8 Å². The zero-order chi connectivity index (χ0) is 17.6. The molecule has 0 radical (unpaired) electrons. The first-order valence-electron chi connectivity index (χ1n) is 7.90. The molecule has 0 spiro atoms. The van der Waals surface area contributed by atoms with Gasteiger partial charge < -0.3 is 15.7 Å². The molecule has 0 fully saturated rings. The van der Waals surface area contributed by atoms with E-state index < -0.39 is 11.4 Å². The molecule has 2 atom stereocenters. The maximum Gasteiger partial charge on any atom is 0.332 e. The van der Waals surface area contributed by atoms with Crippen molar-refractivity contribution < 1.29 is 14.7 Å². The Labute approximate surface area is 142 Å². The van der Waals surface area contributed by atoms with Gasteiger partial charge in [0.1, 0.15) is 0 Å². The van der Waals surface area contributed by atoms with Gasteiger partial charge in [-0.1, -0.05) is 54.6 Å². The van der Waals surface area contributed by atoms with Crippen LogP contribution in [0.5, 0.6) is 0 Å². The molecule has 2 aromatic carbocycles. The Morgan fingerprint density at radius 1 is 1.12 bits per heavy atom. The van der Waals surface area contributed by atoms with Crippen molar-refractivity contribution in [1.82, 2.24) is 0 Å². The van der Waals surface area contributed by atoms with Crippen LogP contribution in [0.3, 0.4) is 0 Å². The molecule has 0 saturated carbocycles.